The van der Waals surface area contributed by atoms with E-state index in [0.29, 0.717) is 24.1 Å². The van der Waals surface area contributed by atoms with Gasteiger partial charge in [-0.05, 0) is 101 Å². The molecule has 2 aliphatic carbocycles. The van der Waals surface area contributed by atoms with Gasteiger partial charge in [-0.25, -0.2) is 9.29 Å². The Bertz CT molecular complexity index is 1670. The number of benzene rings is 1. The third kappa shape index (κ3) is 4.69. The fourth-order valence-corrected chi connectivity index (χ4v) is 9.52. The Morgan fingerprint density at radius 3 is 2.51 bits per heavy atom. The number of amides is 2. The molecule has 4 unspecified atom stereocenters. The van der Waals surface area contributed by atoms with Crippen LogP contribution in [0.3, 0.4) is 0 Å². The first-order valence-electron chi connectivity index (χ1n) is 16.7. The standard InChI is InChI=1S/C35H44N6O3S/c1-38(2)45-37-33(42)29-15-14-26-30(21-8-6-5-7-9-21)31-25-13-12-24(44-4)16-27(25)28-17-35(28,20-40(31)32(26)36-29)34(43)41-22-10-11-23(41)19-39(3)18-22/h12-16,21-23,28H,5-11,17-20H2,1-4H3,(H,37,42). The van der Waals surface area contributed by atoms with Crippen molar-refractivity contribution in [1.82, 2.24) is 28.4 Å². The zero-order valence-corrected chi connectivity index (χ0v) is 27.7. The summed E-state index contributed by atoms with van der Waals surface area (Å²) >= 11 is 1.25. The highest BCUT2D eigenvalue weighted by molar-refractivity contribution is 7.95. The van der Waals surface area contributed by atoms with Gasteiger partial charge in [-0.1, -0.05) is 19.3 Å². The van der Waals surface area contributed by atoms with Gasteiger partial charge in [0.2, 0.25) is 5.91 Å². The van der Waals surface area contributed by atoms with Crippen LogP contribution in [-0.4, -0.2) is 88.9 Å². The maximum atomic E-state index is 15.0. The van der Waals surface area contributed by atoms with E-state index in [2.05, 4.69) is 50.4 Å². The van der Waals surface area contributed by atoms with Crippen LogP contribution in [0.25, 0.3) is 22.3 Å². The molecule has 2 amide bonds. The number of pyridine rings is 1. The molecule has 238 valence electrons. The number of hydrogen-bond acceptors (Lipinski definition) is 7. The van der Waals surface area contributed by atoms with E-state index >= 15 is 0 Å². The number of carbonyl (C=O) groups is 2. The smallest absolute Gasteiger partial charge is 0.280 e. The van der Waals surface area contributed by atoms with Crippen molar-refractivity contribution >= 4 is 35.0 Å². The van der Waals surface area contributed by atoms with Crippen molar-refractivity contribution in [1.29, 1.82) is 0 Å². The first kappa shape index (κ1) is 29.3. The molecule has 2 aromatic heterocycles. The molecular weight excluding hydrogens is 584 g/mol. The largest absolute Gasteiger partial charge is 0.497 e. The van der Waals surface area contributed by atoms with Gasteiger partial charge in [-0.2, -0.15) is 0 Å². The lowest BCUT2D eigenvalue weighted by Crippen LogP contribution is -2.57. The molecule has 4 atom stereocenters. The fourth-order valence-electron chi connectivity index (χ4n) is 9.15. The summed E-state index contributed by atoms with van der Waals surface area (Å²) < 4.78 is 12.9. The minimum absolute atomic E-state index is 0.131. The predicted molar refractivity (Wildman–Crippen MR) is 177 cm³/mol. The SMILES string of the molecule is COc1ccc2c(c1)C1CC1(C(=O)N1C3CCC1CN(C)C3)Cn1c-2c(C2CCCCC2)c2ccc(C(=O)NSN(C)C)nc21. The summed E-state index contributed by atoms with van der Waals surface area (Å²) in [5, 5.41) is 1.12. The second-order valence-electron chi connectivity index (χ2n) is 14.3. The van der Waals surface area contributed by atoms with Gasteiger partial charge in [0.25, 0.3) is 5.91 Å². The van der Waals surface area contributed by atoms with E-state index in [1.165, 1.54) is 53.8 Å². The van der Waals surface area contributed by atoms with Crippen molar-refractivity contribution in [2.45, 2.75) is 81.8 Å². The molecule has 8 rings (SSSR count). The number of nitrogens with one attached hydrogen (secondary N) is 1. The van der Waals surface area contributed by atoms with E-state index in [1.807, 2.05) is 24.5 Å². The fraction of sp³-hybridized carbons (Fsp3) is 0.571. The zero-order chi connectivity index (χ0) is 31.0. The van der Waals surface area contributed by atoms with Crippen molar-refractivity contribution in [3.8, 4) is 17.0 Å². The Balaban J connectivity index is 1.32. The number of carbonyl (C=O) groups excluding carboxylic acids is 2. The second kappa shape index (κ2) is 11.0. The van der Waals surface area contributed by atoms with Gasteiger partial charge in [0, 0.05) is 60.7 Å². The predicted octanol–water partition coefficient (Wildman–Crippen LogP) is 5.41. The Hall–Kier alpha value is -3.08. The molecule has 2 saturated carbocycles. The number of nitrogens with zero attached hydrogens (tertiary/aromatic N) is 5. The van der Waals surface area contributed by atoms with Crippen molar-refractivity contribution < 1.29 is 14.3 Å². The van der Waals surface area contributed by atoms with E-state index < -0.39 is 5.41 Å². The van der Waals surface area contributed by atoms with Crippen LogP contribution in [-0.2, 0) is 11.3 Å². The summed E-state index contributed by atoms with van der Waals surface area (Å²) in [6, 6.07) is 11.0. The van der Waals surface area contributed by atoms with Crippen LogP contribution in [0.15, 0.2) is 30.3 Å². The van der Waals surface area contributed by atoms with Crippen LogP contribution in [0, 0.1) is 5.41 Å². The minimum Gasteiger partial charge on any atom is -0.497 e. The first-order valence-corrected chi connectivity index (χ1v) is 17.4. The molecule has 3 aromatic rings. The Morgan fingerprint density at radius 1 is 1.04 bits per heavy atom. The van der Waals surface area contributed by atoms with Gasteiger partial charge in [-0.3, -0.25) is 14.3 Å². The number of hydrogen-bond donors (Lipinski definition) is 1. The average molecular weight is 629 g/mol. The molecule has 2 bridgehead atoms. The molecule has 10 heteroatoms. The molecule has 0 spiro atoms. The molecule has 3 aliphatic heterocycles. The zero-order valence-electron chi connectivity index (χ0n) is 26.8. The van der Waals surface area contributed by atoms with Crippen molar-refractivity contribution in [2.75, 3.05) is 41.3 Å². The number of likely N-dealkylation sites (tertiary alicyclic amines) is 1. The van der Waals surface area contributed by atoms with Crippen LogP contribution < -0.4 is 9.46 Å². The lowest BCUT2D eigenvalue weighted by Gasteiger charge is -2.41. The van der Waals surface area contributed by atoms with E-state index in [1.54, 1.807) is 7.11 Å². The van der Waals surface area contributed by atoms with Crippen molar-refractivity contribution in [3.63, 3.8) is 0 Å². The van der Waals surface area contributed by atoms with Gasteiger partial charge in [0.15, 0.2) is 0 Å². The molecule has 1 aromatic carbocycles. The number of rotatable bonds is 6. The third-order valence-electron chi connectivity index (χ3n) is 11.2. The maximum Gasteiger partial charge on any atom is 0.280 e. The Morgan fingerprint density at radius 2 is 1.80 bits per heavy atom. The highest BCUT2D eigenvalue weighted by Gasteiger charge is 2.65. The summed E-state index contributed by atoms with van der Waals surface area (Å²) in [5.74, 6) is 1.49. The van der Waals surface area contributed by atoms with Gasteiger partial charge in [-0.15, -0.1) is 0 Å². The van der Waals surface area contributed by atoms with Crippen LogP contribution in [0.1, 0.15) is 84.8 Å². The lowest BCUT2D eigenvalue weighted by molar-refractivity contribution is -0.143. The molecule has 1 N–H and O–H groups in total. The number of piperazine rings is 1. The number of fused-ring (bicyclic) bond motifs is 9. The molecule has 5 aliphatic rings. The molecule has 4 fully saturated rings. The average Bonchev–Trinajstić information content (AvgIpc) is 3.63. The van der Waals surface area contributed by atoms with Crippen LogP contribution in [0.5, 0.6) is 5.75 Å². The molecule has 5 heterocycles. The first-order chi connectivity index (χ1) is 21.8. The highest BCUT2D eigenvalue weighted by Crippen LogP contribution is 2.66. The Labute approximate surface area is 269 Å². The molecule has 2 saturated heterocycles. The van der Waals surface area contributed by atoms with Crippen molar-refractivity contribution in [3.05, 3.63) is 47.2 Å². The quantitative estimate of drug-likeness (QED) is 0.366. The monoisotopic (exact) mass is 628 g/mol. The van der Waals surface area contributed by atoms with Gasteiger partial charge in [0.05, 0.1) is 18.2 Å². The Kier molecular flexibility index (Phi) is 7.18. The summed E-state index contributed by atoms with van der Waals surface area (Å²) in [6.45, 7) is 2.48. The van der Waals surface area contributed by atoms with Crippen LogP contribution in [0.4, 0.5) is 0 Å². The van der Waals surface area contributed by atoms with E-state index in [9.17, 15) is 9.59 Å². The number of ether oxygens (including phenoxy) is 1. The normalized spacial score (nSPS) is 27.6. The van der Waals surface area contributed by atoms with Crippen molar-refractivity contribution in [2.24, 2.45) is 5.41 Å². The third-order valence-corrected chi connectivity index (χ3v) is 11.9. The molecule has 9 nitrogen and oxygen atoms in total. The number of likely N-dealkylation sites (N-methyl/N-ethyl adjacent to an activating group) is 1. The van der Waals surface area contributed by atoms with Gasteiger partial charge in [0.1, 0.15) is 17.1 Å². The minimum atomic E-state index is -0.528. The maximum absolute atomic E-state index is 15.0. The summed E-state index contributed by atoms with van der Waals surface area (Å²) in [5.41, 5.74) is 5.67. The van der Waals surface area contributed by atoms with Crippen LogP contribution >= 0.6 is 12.1 Å². The highest BCUT2D eigenvalue weighted by atomic mass is 32.2. The number of aromatic nitrogens is 2. The van der Waals surface area contributed by atoms with E-state index in [4.69, 9.17) is 9.72 Å². The summed E-state index contributed by atoms with van der Waals surface area (Å²) in [7, 11) is 7.70. The molecular formula is C35H44N6O3S. The summed E-state index contributed by atoms with van der Waals surface area (Å²) in [6.07, 6.45) is 9.01. The van der Waals surface area contributed by atoms with E-state index in [-0.39, 0.29) is 23.9 Å². The second-order valence-corrected chi connectivity index (χ2v) is 15.4. The van der Waals surface area contributed by atoms with Crippen LogP contribution in [0.2, 0.25) is 0 Å². The van der Waals surface area contributed by atoms with E-state index in [0.717, 1.165) is 62.0 Å². The number of methoxy groups -OCH3 is 1. The molecule has 0 radical (unpaired) electrons. The van der Waals surface area contributed by atoms with Gasteiger partial charge < -0.3 is 19.1 Å². The lowest BCUT2D eigenvalue weighted by atomic mass is 9.81. The topological polar surface area (TPSA) is 82.9 Å². The van der Waals surface area contributed by atoms with Gasteiger partial charge >= 0.3 is 0 Å². The molecule has 45 heavy (non-hydrogen) atoms. The summed E-state index contributed by atoms with van der Waals surface area (Å²) in [4.78, 5) is 38.0.